The molecule has 0 spiro atoms. The Labute approximate surface area is 162 Å². The average molecular weight is 411 g/mol. The van der Waals surface area contributed by atoms with E-state index in [1.807, 2.05) is 0 Å². The van der Waals surface area contributed by atoms with Gasteiger partial charge in [0.2, 0.25) is 0 Å². The van der Waals surface area contributed by atoms with Crippen molar-refractivity contribution < 1.29 is 23.1 Å². The Balaban J connectivity index is 1.61. The Hall–Kier alpha value is -2.10. The molecule has 27 heavy (non-hydrogen) atoms. The molecule has 1 saturated heterocycles. The summed E-state index contributed by atoms with van der Waals surface area (Å²) in [5.74, 6) is 0.321. The van der Waals surface area contributed by atoms with E-state index >= 15 is 0 Å². The summed E-state index contributed by atoms with van der Waals surface area (Å²) in [5.41, 5.74) is 0.502. The van der Waals surface area contributed by atoms with E-state index < -0.39 is 10.0 Å². The summed E-state index contributed by atoms with van der Waals surface area (Å²) in [7, 11) is -2.08. The summed E-state index contributed by atoms with van der Waals surface area (Å²) >= 11 is 1.17. The number of ether oxygens (including phenoxy) is 1. The van der Waals surface area contributed by atoms with Crippen molar-refractivity contribution >= 4 is 33.0 Å². The molecule has 0 radical (unpaired) electrons. The van der Waals surface area contributed by atoms with E-state index in [0.717, 1.165) is 12.8 Å². The van der Waals surface area contributed by atoms with Gasteiger partial charge in [-0.05, 0) is 48.6 Å². The smallest absolute Gasteiger partial charge is 0.273 e. The van der Waals surface area contributed by atoms with E-state index in [1.165, 1.54) is 22.7 Å². The van der Waals surface area contributed by atoms with Gasteiger partial charge in [-0.25, -0.2) is 8.42 Å². The van der Waals surface area contributed by atoms with E-state index in [9.17, 15) is 18.3 Å². The molecule has 0 aliphatic carbocycles. The van der Waals surface area contributed by atoms with Crippen molar-refractivity contribution in [2.45, 2.75) is 23.1 Å². The molecule has 146 valence electrons. The molecule has 0 bridgehead atoms. The maximum absolute atomic E-state index is 12.5. The zero-order chi connectivity index (χ0) is 19.4. The van der Waals surface area contributed by atoms with Gasteiger partial charge in [-0.15, -0.1) is 11.3 Å². The normalized spacial score (nSPS) is 17.1. The molecule has 9 heteroatoms. The number of hydrogen-bond acceptors (Lipinski definition) is 6. The largest absolute Gasteiger partial charge is 0.484 e. The molecular weight excluding hydrogens is 388 g/mol. The van der Waals surface area contributed by atoms with Crippen LogP contribution < -0.4 is 9.04 Å². The fourth-order valence-electron chi connectivity index (χ4n) is 3.02. The molecule has 0 unspecified atom stereocenters. The molecular formula is C18H22N2O5S2. The number of hydrogen-bond donors (Lipinski definition) is 1. The Morgan fingerprint density at radius 2 is 2.07 bits per heavy atom. The first-order valence-electron chi connectivity index (χ1n) is 8.59. The Morgan fingerprint density at radius 1 is 1.33 bits per heavy atom. The number of benzene rings is 1. The Kier molecular flexibility index (Phi) is 6.03. The maximum Gasteiger partial charge on any atom is 0.273 e. The number of rotatable bonds is 7. The first-order chi connectivity index (χ1) is 12.9. The number of sulfonamides is 1. The lowest BCUT2D eigenvalue weighted by atomic mass is 10.2. The number of carbonyl (C=O) groups excluding carboxylic acids is 1. The maximum atomic E-state index is 12.5. The van der Waals surface area contributed by atoms with Gasteiger partial charge in [0, 0.05) is 13.6 Å². The summed E-state index contributed by atoms with van der Waals surface area (Å²) in [4.78, 5) is 13.9. The van der Waals surface area contributed by atoms with Crippen LogP contribution in [-0.4, -0.2) is 57.2 Å². The number of amides is 1. The van der Waals surface area contributed by atoms with Gasteiger partial charge in [0.25, 0.3) is 15.9 Å². The molecule has 1 N–H and O–H groups in total. The van der Waals surface area contributed by atoms with Crippen LogP contribution in [0.25, 0.3) is 0 Å². The Bertz CT molecular complexity index is 866. The molecule has 2 heterocycles. The zero-order valence-electron chi connectivity index (χ0n) is 14.9. The molecule has 1 amide bonds. The highest BCUT2D eigenvalue weighted by atomic mass is 32.2. The predicted molar refractivity (Wildman–Crippen MR) is 104 cm³/mol. The monoisotopic (exact) mass is 410 g/mol. The lowest BCUT2D eigenvalue weighted by Gasteiger charge is -2.23. The van der Waals surface area contributed by atoms with Crippen molar-refractivity contribution in [1.82, 2.24) is 4.90 Å². The van der Waals surface area contributed by atoms with Crippen LogP contribution in [0.1, 0.15) is 12.8 Å². The summed E-state index contributed by atoms with van der Waals surface area (Å²) < 4.78 is 32.1. The van der Waals surface area contributed by atoms with Gasteiger partial charge in [-0.1, -0.05) is 6.07 Å². The molecule has 7 nitrogen and oxygen atoms in total. The minimum Gasteiger partial charge on any atom is -0.484 e. The van der Waals surface area contributed by atoms with Crippen LogP contribution >= 0.6 is 11.3 Å². The topological polar surface area (TPSA) is 87.2 Å². The fraction of sp³-hybridized carbons (Fsp3) is 0.389. The number of nitrogens with zero attached hydrogens (tertiary/aromatic N) is 2. The molecule has 1 aromatic heterocycles. The quantitative estimate of drug-likeness (QED) is 0.754. The van der Waals surface area contributed by atoms with Gasteiger partial charge in [0.1, 0.15) is 9.96 Å². The first-order valence-corrected chi connectivity index (χ1v) is 10.9. The van der Waals surface area contributed by atoms with Crippen LogP contribution in [-0.2, 0) is 14.8 Å². The van der Waals surface area contributed by atoms with Crippen molar-refractivity contribution in [1.29, 1.82) is 0 Å². The number of aliphatic hydroxyl groups excluding tert-OH is 1. The Morgan fingerprint density at radius 3 is 2.70 bits per heavy atom. The highest BCUT2D eigenvalue weighted by Crippen LogP contribution is 2.26. The van der Waals surface area contributed by atoms with Gasteiger partial charge in [0.05, 0.1) is 18.3 Å². The lowest BCUT2D eigenvalue weighted by Crippen LogP contribution is -2.40. The average Bonchev–Trinajstić information content (AvgIpc) is 3.37. The third-order valence-corrected chi connectivity index (χ3v) is 7.74. The van der Waals surface area contributed by atoms with Gasteiger partial charge < -0.3 is 14.7 Å². The van der Waals surface area contributed by atoms with Crippen LogP contribution in [0.3, 0.4) is 0 Å². The number of likely N-dealkylation sites (tertiary alicyclic amines) is 1. The highest BCUT2D eigenvalue weighted by molar-refractivity contribution is 7.94. The number of anilines is 1. The SMILES string of the molecule is CN(c1ccc(OCC(=O)N2CCC[C@@H]2CO)cc1)S(=O)(=O)c1cccs1. The minimum absolute atomic E-state index is 0.0362. The molecule has 1 fully saturated rings. The van der Waals surface area contributed by atoms with Crippen molar-refractivity contribution in [2.24, 2.45) is 0 Å². The molecule has 0 saturated carbocycles. The van der Waals surface area contributed by atoms with Crippen LogP contribution in [0.5, 0.6) is 5.75 Å². The molecule has 1 aliphatic heterocycles. The molecule has 3 rings (SSSR count). The predicted octanol–water partition coefficient (Wildman–Crippen LogP) is 1.94. The second kappa shape index (κ2) is 8.28. The first kappa shape index (κ1) is 19.7. The summed E-state index contributed by atoms with van der Waals surface area (Å²) in [6, 6.07) is 9.68. The van der Waals surface area contributed by atoms with Crippen LogP contribution in [0.15, 0.2) is 46.0 Å². The van der Waals surface area contributed by atoms with Crippen molar-refractivity contribution in [3.8, 4) is 5.75 Å². The van der Waals surface area contributed by atoms with Gasteiger partial charge in [0.15, 0.2) is 6.61 Å². The second-order valence-corrected chi connectivity index (χ2v) is 9.40. The van der Waals surface area contributed by atoms with E-state index in [0.29, 0.717) is 18.0 Å². The molecule has 2 aromatic rings. The van der Waals surface area contributed by atoms with E-state index in [2.05, 4.69) is 0 Å². The van der Waals surface area contributed by atoms with Crippen molar-refractivity contribution in [3.05, 3.63) is 41.8 Å². The second-order valence-electron chi connectivity index (χ2n) is 6.25. The molecule has 1 aromatic carbocycles. The third-order valence-electron chi connectivity index (χ3n) is 4.58. The lowest BCUT2D eigenvalue weighted by molar-refractivity contribution is -0.134. The van der Waals surface area contributed by atoms with Gasteiger partial charge in [-0.2, -0.15) is 0 Å². The summed E-state index contributed by atoms with van der Waals surface area (Å²) in [6.45, 7) is 0.488. The van der Waals surface area contributed by atoms with E-state index in [4.69, 9.17) is 4.74 Å². The van der Waals surface area contributed by atoms with Gasteiger partial charge >= 0.3 is 0 Å². The minimum atomic E-state index is -3.58. The number of aliphatic hydroxyl groups is 1. The van der Waals surface area contributed by atoms with E-state index in [1.54, 1.807) is 46.7 Å². The highest BCUT2D eigenvalue weighted by Gasteiger charge is 2.28. The third kappa shape index (κ3) is 4.26. The molecule has 1 aliphatic rings. The number of carbonyl (C=O) groups is 1. The molecule has 1 atom stereocenters. The van der Waals surface area contributed by atoms with Crippen molar-refractivity contribution in [2.75, 3.05) is 31.1 Å². The van der Waals surface area contributed by atoms with E-state index in [-0.39, 0.29) is 29.4 Å². The van der Waals surface area contributed by atoms with Crippen molar-refractivity contribution in [3.63, 3.8) is 0 Å². The summed E-state index contributed by atoms with van der Waals surface area (Å²) in [6.07, 6.45) is 1.69. The summed E-state index contributed by atoms with van der Waals surface area (Å²) in [5, 5.41) is 11.0. The van der Waals surface area contributed by atoms with Gasteiger partial charge in [-0.3, -0.25) is 9.10 Å². The number of thiophene rings is 1. The fourth-order valence-corrected chi connectivity index (χ4v) is 5.37. The van der Waals surface area contributed by atoms with Crippen LogP contribution in [0.2, 0.25) is 0 Å². The van der Waals surface area contributed by atoms with Crippen LogP contribution in [0, 0.1) is 0 Å². The van der Waals surface area contributed by atoms with Crippen LogP contribution in [0.4, 0.5) is 5.69 Å². The standard InChI is InChI=1S/C18H22N2O5S2/c1-19(27(23,24)18-5-3-11-26-18)14-6-8-16(9-7-14)25-13-17(22)20-10-2-4-15(20)12-21/h3,5-9,11,15,21H,2,4,10,12-13H2,1H3/t15-/m1/s1. The zero-order valence-corrected chi connectivity index (χ0v) is 16.6.